The molecule has 0 aliphatic carbocycles. The van der Waals surface area contributed by atoms with E-state index in [1.54, 1.807) is 25.1 Å². The van der Waals surface area contributed by atoms with Crippen LogP contribution in [0.15, 0.2) is 53.7 Å². The van der Waals surface area contributed by atoms with Crippen LogP contribution in [0.2, 0.25) is 0 Å². The smallest absolute Gasteiger partial charge is 0.452 e. The first-order chi connectivity index (χ1) is 19.8. The van der Waals surface area contributed by atoms with E-state index >= 15 is 0 Å². The molecular formula is C28H28F3N5O5S. The Morgan fingerprint density at radius 2 is 1.95 bits per heavy atom. The molecule has 3 aromatic heterocycles. The molecule has 4 aromatic rings. The third-order valence-electron chi connectivity index (χ3n) is 7.49. The molecule has 0 saturated heterocycles. The number of aromatic nitrogens is 4. The number of aliphatic carboxylic acids is 1. The van der Waals surface area contributed by atoms with E-state index in [4.69, 9.17) is 4.74 Å². The Bertz CT molecular complexity index is 1770. The summed E-state index contributed by atoms with van der Waals surface area (Å²) >= 11 is 0. The lowest BCUT2D eigenvalue weighted by atomic mass is 9.85. The number of fused-ring (bicyclic) bond motifs is 2. The first-order valence-corrected chi connectivity index (χ1v) is 14.6. The third kappa shape index (κ3) is 5.43. The fourth-order valence-corrected chi connectivity index (χ4v) is 6.72. The number of hydrogen-bond donors (Lipinski definition) is 1. The number of nitrogens with zero attached hydrogens (tertiary/aromatic N) is 5. The van der Waals surface area contributed by atoms with E-state index in [-0.39, 0.29) is 35.9 Å². The van der Waals surface area contributed by atoms with Crippen LogP contribution >= 0.6 is 0 Å². The van der Waals surface area contributed by atoms with Crippen molar-refractivity contribution in [3.63, 3.8) is 0 Å². The van der Waals surface area contributed by atoms with Crippen molar-refractivity contribution in [3.8, 4) is 5.88 Å². The number of benzene rings is 1. The minimum Gasteiger partial charge on any atom is -0.481 e. The maximum atomic E-state index is 13.7. The molecule has 0 spiro atoms. The van der Waals surface area contributed by atoms with Gasteiger partial charge in [0.2, 0.25) is 21.7 Å². The van der Waals surface area contributed by atoms with Gasteiger partial charge in [0, 0.05) is 24.9 Å². The molecule has 0 fully saturated rings. The SMILES string of the molecule is CC[C@@H]1CN(Cc2cc([C@H](CC(=O)O)c3ccn4c(C(F)(F)F)nnc4c3C)ccc2C)S(=O)(=O)c2cccnc2O1. The first kappa shape index (κ1) is 29.5. The summed E-state index contributed by atoms with van der Waals surface area (Å²) in [5, 5.41) is 16.8. The predicted molar refractivity (Wildman–Crippen MR) is 145 cm³/mol. The summed E-state index contributed by atoms with van der Waals surface area (Å²) in [4.78, 5) is 16.0. The molecule has 0 unspecified atom stereocenters. The topological polar surface area (TPSA) is 127 Å². The molecule has 0 bridgehead atoms. The maximum absolute atomic E-state index is 13.7. The van der Waals surface area contributed by atoms with Crippen molar-refractivity contribution in [2.75, 3.05) is 6.54 Å². The zero-order valence-corrected chi connectivity index (χ0v) is 23.8. The second-order valence-electron chi connectivity index (χ2n) is 10.2. The second kappa shape index (κ2) is 11.0. The Morgan fingerprint density at radius 1 is 1.19 bits per heavy atom. The van der Waals surface area contributed by atoms with Crippen LogP contribution in [0.4, 0.5) is 13.2 Å². The van der Waals surface area contributed by atoms with E-state index in [9.17, 15) is 31.5 Å². The predicted octanol–water partition coefficient (Wildman–Crippen LogP) is 4.73. The number of sulfonamides is 1. The van der Waals surface area contributed by atoms with E-state index in [2.05, 4.69) is 15.2 Å². The van der Waals surface area contributed by atoms with Crippen LogP contribution < -0.4 is 4.74 Å². The minimum atomic E-state index is -4.72. The highest BCUT2D eigenvalue weighted by atomic mass is 32.2. The Labute approximate surface area is 239 Å². The zero-order chi connectivity index (χ0) is 30.4. The monoisotopic (exact) mass is 603 g/mol. The van der Waals surface area contributed by atoms with E-state index < -0.39 is 40.0 Å². The number of hydrogen-bond acceptors (Lipinski definition) is 7. The molecule has 0 saturated carbocycles. The number of halogens is 3. The number of pyridine rings is 2. The molecule has 4 heterocycles. The van der Waals surface area contributed by atoms with Crippen LogP contribution in [0.25, 0.3) is 5.65 Å². The summed E-state index contributed by atoms with van der Waals surface area (Å²) in [5.74, 6) is -2.99. The quantitative estimate of drug-likeness (QED) is 0.321. The van der Waals surface area contributed by atoms with Gasteiger partial charge in [-0.3, -0.25) is 9.20 Å². The normalized spacial score (nSPS) is 17.8. The van der Waals surface area contributed by atoms with Gasteiger partial charge in [-0.05, 0) is 66.3 Å². The van der Waals surface area contributed by atoms with Crippen LogP contribution in [0, 0.1) is 13.8 Å². The summed E-state index contributed by atoms with van der Waals surface area (Å²) in [6.45, 7) is 5.36. The average molecular weight is 604 g/mol. The summed E-state index contributed by atoms with van der Waals surface area (Å²) in [6.07, 6.45) is -2.31. The highest BCUT2D eigenvalue weighted by molar-refractivity contribution is 7.89. The van der Waals surface area contributed by atoms with E-state index in [0.717, 1.165) is 9.96 Å². The molecule has 2 atom stereocenters. The number of alkyl halides is 3. The van der Waals surface area contributed by atoms with Gasteiger partial charge in [-0.25, -0.2) is 13.4 Å². The fraction of sp³-hybridized carbons (Fsp3) is 0.357. The molecule has 42 heavy (non-hydrogen) atoms. The number of rotatable bonds is 7. The molecule has 0 amide bonds. The van der Waals surface area contributed by atoms with Gasteiger partial charge in [0.15, 0.2) is 5.65 Å². The number of carboxylic acid groups (broad SMARTS) is 1. The summed E-state index contributed by atoms with van der Waals surface area (Å²) < 4.78 is 75.6. The van der Waals surface area contributed by atoms with Crippen molar-refractivity contribution in [1.82, 2.24) is 23.9 Å². The van der Waals surface area contributed by atoms with Crippen LogP contribution in [0.1, 0.15) is 59.3 Å². The zero-order valence-electron chi connectivity index (χ0n) is 23.0. The van der Waals surface area contributed by atoms with E-state index in [1.807, 2.05) is 13.8 Å². The highest BCUT2D eigenvalue weighted by Crippen LogP contribution is 2.36. The Morgan fingerprint density at radius 3 is 2.64 bits per heavy atom. The Balaban J connectivity index is 1.56. The molecule has 222 valence electrons. The molecule has 5 rings (SSSR count). The molecule has 1 N–H and O–H groups in total. The van der Waals surface area contributed by atoms with Gasteiger partial charge in [0.05, 0.1) is 13.0 Å². The van der Waals surface area contributed by atoms with Crippen molar-refractivity contribution >= 4 is 21.6 Å². The Hall–Kier alpha value is -4.04. The molecule has 0 radical (unpaired) electrons. The van der Waals surface area contributed by atoms with Gasteiger partial charge in [-0.1, -0.05) is 25.1 Å². The fourth-order valence-electron chi connectivity index (χ4n) is 5.20. The molecule has 10 nitrogen and oxygen atoms in total. The van der Waals surface area contributed by atoms with E-state index in [0.29, 0.717) is 28.7 Å². The summed E-state index contributed by atoms with van der Waals surface area (Å²) in [7, 11) is -3.98. The van der Waals surface area contributed by atoms with Crippen LogP contribution in [0.5, 0.6) is 5.88 Å². The van der Waals surface area contributed by atoms with Gasteiger partial charge in [0.1, 0.15) is 11.0 Å². The average Bonchev–Trinajstić information content (AvgIpc) is 3.34. The number of aryl methyl sites for hydroxylation is 2. The molecule has 14 heteroatoms. The maximum Gasteiger partial charge on any atom is 0.452 e. The second-order valence-corrected chi connectivity index (χ2v) is 12.1. The molecule has 1 aliphatic heterocycles. The van der Waals surface area contributed by atoms with Crippen LogP contribution in [-0.2, 0) is 27.5 Å². The lowest BCUT2D eigenvalue weighted by Crippen LogP contribution is -2.36. The van der Waals surface area contributed by atoms with Crippen molar-refractivity contribution in [2.24, 2.45) is 0 Å². The third-order valence-corrected chi connectivity index (χ3v) is 9.32. The number of carbonyl (C=O) groups is 1. The van der Waals surface area contributed by atoms with Gasteiger partial charge >= 0.3 is 12.1 Å². The Kier molecular flexibility index (Phi) is 7.70. The number of ether oxygens (including phenoxy) is 1. The number of carboxylic acids is 1. The van der Waals surface area contributed by atoms with Crippen LogP contribution in [-0.4, -0.2) is 56.0 Å². The molecule has 1 aliphatic rings. The minimum absolute atomic E-state index is 0.00682. The highest BCUT2D eigenvalue weighted by Gasteiger charge is 2.38. The van der Waals surface area contributed by atoms with E-state index in [1.165, 1.54) is 34.9 Å². The first-order valence-electron chi connectivity index (χ1n) is 13.2. The van der Waals surface area contributed by atoms with Crippen molar-refractivity contribution in [2.45, 2.75) is 63.3 Å². The lowest BCUT2D eigenvalue weighted by molar-refractivity contribution is -0.145. The lowest BCUT2D eigenvalue weighted by Gasteiger charge is -2.25. The standard InChI is InChI=1S/C28H28F3N5O5S/c1-4-20-15-35(42(39,40)23-6-5-10-32-26(23)41-20)14-19-12-18(8-7-16(19)2)22(13-24(37)38)21-9-11-36-25(17(21)3)33-34-27(36)28(29,30)31/h5-12,20,22H,4,13-15H2,1-3H3,(H,37,38)/t20-,22+/m1/s1. The molecule has 1 aromatic carbocycles. The summed E-state index contributed by atoms with van der Waals surface area (Å²) in [6, 6.07) is 9.70. The van der Waals surface area contributed by atoms with Gasteiger partial charge in [0.25, 0.3) is 0 Å². The van der Waals surface area contributed by atoms with Crippen molar-refractivity contribution in [1.29, 1.82) is 0 Å². The van der Waals surface area contributed by atoms with Crippen molar-refractivity contribution in [3.05, 3.63) is 82.4 Å². The van der Waals surface area contributed by atoms with Crippen LogP contribution in [0.3, 0.4) is 0 Å². The molecular weight excluding hydrogens is 575 g/mol. The van der Waals surface area contributed by atoms with Crippen molar-refractivity contribution < 1.29 is 36.2 Å². The largest absolute Gasteiger partial charge is 0.481 e. The van der Waals surface area contributed by atoms with Gasteiger partial charge < -0.3 is 9.84 Å². The van der Waals surface area contributed by atoms with Gasteiger partial charge in [-0.2, -0.15) is 17.5 Å². The summed E-state index contributed by atoms with van der Waals surface area (Å²) in [5.41, 5.74) is 2.80. The van der Waals surface area contributed by atoms with Gasteiger partial charge in [-0.15, -0.1) is 10.2 Å².